The molecule has 6 heteroatoms. The molecule has 3 heterocycles. The second-order valence-corrected chi connectivity index (χ2v) is 4.82. The van der Waals surface area contributed by atoms with Crippen LogP contribution in [0.25, 0.3) is 27.8 Å². The fourth-order valence-electron chi connectivity index (χ4n) is 2.42. The Kier molecular flexibility index (Phi) is 2.79. The summed E-state index contributed by atoms with van der Waals surface area (Å²) in [7, 11) is 0. The maximum Gasteiger partial charge on any atom is 0.290 e. The lowest BCUT2D eigenvalue weighted by molar-refractivity contribution is 1.01. The van der Waals surface area contributed by atoms with Gasteiger partial charge in [0.15, 0.2) is 0 Å². The van der Waals surface area contributed by atoms with Gasteiger partial charge >= 0.3 is 0 Å². The lowest BCUT2D eigenvalue weighted by Crippen LogP contribution is -2.10. The number of nitrogens with zero attached hydrogens (tertiary/aromatic N) is 4. The number of hydrogen-bond donors (Lipinski definition) is 1. The van der Waals surface area contributed by atoms with Gasteiger partial charge in [-0.25, -0.2) is 10.1 Å². The number of H-pyrrole nitrogens is 1. The molecule has 22 heavy (non-hydrogen) atoms. The van der Waals surface area contributed by atoms with Gasteiger partial charge in [0, 0.05) is 35.2 Å². The lowest BCUT2D eigenvalue weighted by Gasteiger charge is -2.06. The fraction of sp³-hybridized carbons (Fsp3) is 0. The molecule has 0 radical (unpaired) electrons. The maximum atomic E-state index is 11.8. The van der Waals surface area contributed by atoms with E-state index in [1.165, 1.54) is 0 Å². The molecular weight excluding hydrogens is 278 g/mol. The van der Waals surface area contributed by atoms with E-state index >= 15 is 0 Å². The standard InChI is InChI=1S/C16H11N5O/c22-16-15-13(2-1-7-18-15)14(19-20-16)11-3-5-12(6-4-11)21-9-8-17-10-21/h1-10H,(H,20,22). The molecule has 0 saturated carbocycles. The van der Waals surface area contributed by atoms with Crippen LogP contribution in [0, 0.1) is 0 Å². The van der Waals surface area contributed by atoms with Gasteiger partial charge in [0.05, 0.1) is 6.33 Å². The number of aromatic amines is 1. The summed E-state index contributed by atoms with van der Waals surface area (Å²) in [5.74, 6) is 0. The monoisotopic (exact) mass is 289 g/mol. The molecule has 0 aliphatic carbocycles. The minimum absolute atomic E-state index is 0.283. The van der Waals surface area contributed by atoms with E-state index in [0.717, 1.165) is 16.6 Å². The summed E-state index contributed by atoms with van der Waals surface area (Å²) < 4.78 is 1.92. The molecule has 4 rings (SSSR count). The number of aromatic nitrogens is 5. The van der Waals surface area contributed by atoms with Crippen molar-refractivity contribution in [1.29, 1.82) is 0 Å². The lowest BCUT2D eigenvalue weighted by atomic mass is 10.1. The molecular formula is C16H11N5O. The number of pyridine rings is 1. The van der Waals surface area contributed by atoms with Crippen LogP contribution in [-0.2, 0) is 0 Å². The summed E-state index contributed by atoms with van der Waals surface area (Å²) in [6.45, 7) is 0. The van der Waals surface area contributed by atoms with E-state index in [4.69, 9.17) is 0 Å². The van der Waals surface area contributed by atoms with Gasteiger partial charge in [-0.05, 0) is 24.3 Å². The number of nitrogens with one attached hydrogen (secondary N) is 1. The van der Waals surface area contributed by atoms with Crippen molar-refractivity contribution >= 4 is 10.9 Å². The van der Waals surface area contributed by atoms with E-state index in [9.17, 15) is 4.79 Å². The summed E-state index contributed by atoms with van der Waals surface area (Å²) in [5, 5.41) is 7.41. The van der Waals surface area contributed by atoms with Gasteiger partial charge < -0.3 is 4.57 Å². The van der Waals surface area contributed by atoms with Crippen LogP contribution in [0.1, 0.15) is 0 Å². The van der Waals surface area contributed by atoms with E-state index in [1.807, 2.05) is 41.1 Å². The predicted octanol–water partition coefficient (Wildman–Crippen LogP) is 2.17. The van der Waals surface area contributed by atoms with Crippen LogP contribution in [0.5, 0.6) is 0 Å². The highest BCUT2D eigenvalue weighted by Gasteiger charge is 2.09. The maximum absolute atomic E-state index is 11.8. The first kappa shape index (κ1) is 12.5. The third kappa shape index (κ3) is 1.98. The Labute approximate surface area is 125 Å². The van der Waals surface area contributed by atoms with E-state index < -0.39 is 0 Å². The summed E-state index contributed by atoms with van der Waals surface area (Å²) in [6.07, 6.45) is 6.96. The van der Waals surface area contributed by atoms with Gasteiger partial charge in [0.25, 0.3) is 5.56 Å². The Bertz CT molecular complexity index is 987. The zero-order valence-corrected chi connectivity index (χ0v) is 11.5. The van der Waals surface area contributed by atoms with Crippen LogP contribution in [-0.4, -0.2) is 24.7 Å². The Morgan fingerprint density at radius 1 is 1.05 bits per heavy atom. The van der Waals surface area contributed by atoms with Crippen molar-refractivity contribution in [3.8, 4) is 16.9 Å². The second-order valence-electron chi connectivity index (χ2n) is 4.82. The molecule has 0 fully saturated rings. The SMILES string of the molecule is O=c1[nH]nc(-c2ccc(-n3ccnc3)cc2)c2cccnc12. The summed E-state index contributed by atoms with van der Waals surface area (Å²) in [6, 6.07) is 11.5. The summed E-state index contributed by atoms with van der Waals surface area (Å²) in [4.78, 5) is 19.9. The van der Waals surface area contributed by atoms with E-state index in [1.54, 1.807) is 24.8 Å². The van der Waals surface area contributed by atoms with Gasteiger partial charge in [0.1, 0.15) is 11.2 Å². The number of imidazole rings is 1. The molecule has 0 atom stereocenters. The van der Waals surface area contributed by atoms with Gasteiger partial charge in [0.2, 0.25) is 0 Å². The molecule has 6 nitrogen and oxygen atoms in total. The second kappa shape index (κ2) is 4.92. The minimum atomic E-state index is -0.283. The van der Waals surface area contributed by atoms with E-state index in [0.29, 0.717) is 11.2 Å². The molecule has 1 N–H and O–H groups in total. The Morgan fingerprint density at radius 3 is 2.68 bits per heavy atom. The molecule has 0 spiro atoms. The fourth-order valence-corrected chi connectivity index (χ4v) is 2.42. The van der Waals surface area contributed by atoms with Crippen molar-refractivity contribution in [2.75, 3.05) is 0 Å². The molecule has 0 amide bonds. The van der Waals surface area contributed by atoms with Crippen LogP contribution in [0.3, 0.4) is 0 Å². The number of rotatable bonds is 2. The summed E-state index contributed by atoms with van der Waals surface area (Å²) in [5.41, 5.74) is 2.74. The first-order valence-electron chi connectivity index (χ1n) is 6.75. The highest BCUT2D eigenvalue weighted by atomic mass is 16.1. The topological polar surface area (TPSA) is 76.5 Å². The Balaban J connectivity index is 1.86. The van der Waals surface area contributed by atoms with Crippen molar-refractivity contribution in [2.24, 2.45) is 0 Å². The van der Waals surface area contributed by atoms with Gasteiger partial charge in [-0.1, -0.05) is 12.1 Å². The highest BCUT2D eigenvalue weighted by Crippen LogP contribution is 2.24. The average Bonchev–Trinajstić information content (AvgIpc) is 3.10. The highest BCUT2D eigenvalue weighted by molar-refractivity contribution is 5.91. The quantitative estimate of drug-likeness (QED) is 0.613. The smallest absolute Gasteiger partial charge is 0.290 e. The molecule has 0 unspecified atom stereocenters. The average molecular weight is 289 g/mol. The van der Waals surface area contributed by atoms with Crippen LogP contribution < -0.4 is 5.56 Å². The van der Waals surface area contributed by atoms with E-state index in [-0.39, 0.29) is 5.56 Å². The third-order valence-corrected chi connectivity index (χ3v) is 3.49. The van der Waals surface area contributed by atoms with Crippen molar-refractivity contribution in [1.82, 2.24) is 24.7 Å². The minimum Gasteiger partial charge on any atom is -0.306 e. The summed E-state index contributed by atoms with van der Waals surface area (Å²) >= 11 is 0. The van der Waals surface area contributed by atoms with Crippen molar-refractivity contribution in [2.45, 2.75) is 0 Å². The predicted molar refractivity (Wildman–Crippen MR) is 82.7 cm³/mol. The molecule has 1 aromatic carbocycles. The molecule has 3 aromatic heterocycles. The normalized spacial score (nSPS) is 10.9. The van der Waals surface area contributed by atoms with Crippen LogP contribution in [0.2, 0.25) is 0 Å². The van der Waals surface area contributed by atoms with Crippen LogP contribution in [0.15, 0.2) is 66.1 Å². The van der Waals surface area contributed by atoms with Gasteiger partial charge in [-0.2, -0.15) is 5.10 Å². The molecule has 0 bridgehead atoms. The Hall–Kier alpha value is -3.28. The first-order chi connectivity index (χ1) is 10.8. The van der Waals surface area contributed by atoms with Crippen molar-refractivity contribution < 1.29 is 0 Å². The third-order valence-electron chi connectivity index (χ3n) is 3.49. The zero-order valence-electron chi connectivity index (χ0n) is 11.5. The zero-order chi connectivity index (χ0) is 14.9. The van der Waals surface area contributed by atoms with Crippen LogP contribution in [0.4, 0.5) is 0 Å². The van der Waals surface area contributed by atoms with Gasteiger partial charge in [-0.3, -0.25) is 9.78 Å². The molecule has 106 valence electrons. The van der Waals surface area contributed by atoms with Crippen molar-refractivity contribution in [3.63, 3.8) is 0 Å². The molecule has 0 aliphatic heterocycles. The molecule has 0 saturated heterocycles. The number of hydrogen-bond acceptors (Lipinski definition) is 4. The number of benzene rings is 1. The number of fused-ring (bicyclic) bond motifs is 1. The van der Waals surface area contributed by atoms with Gasteiger partial charge in [-0.15, -0.1) is 0 Å². The molecule has 4 aromatic rings. The molecule has 0 aliphatic rings. The van der Waals surface area contributed by atoms with Crippen molar-refractivity contribution in [3.05, 3.63) is 71.7 Å². The van der Waals surface area contributed by atoms with Crippen LogP contribution >= 0.6 is 0 Å². The van der Waals surface area contributed by atoms with E-state index in [2.05, 4.69) is 20.2 Å². The largest absolute Gasteiger partial charge is 0.306 e. The Morgan fingerprint density at radius 2 is 1.91 bits per heavy atom. The first-order valence-corrected chi connectivity index (χ1v) is 6.75.